The van der Waals surface area contributed by atoms with Crippen LogP contribution in [0.25, 0.3) is 11.1 Å². The quantitative estimate of drug-likeness (QED) is 0.657. The molecule has 0 aliphatic heterocycles. The smallest absolute Gasteiger partial charge is 0.328 e. The van der Waals surface area contributed by atoms with Crippen LogP contribution in [0, 0.1) is 0 Å². The molecule has 5 heteroatoms. The van der Waals surface area contributed by atoms with Gasteiger partial charge in [0.15, 0.2) is 10.8 Å². The predicted molar refractivity (Wildman–Crippen MR) is 62.4 cm³/mol. The van der Waals surface area contributed by atoms with Crippen molar-refractivity contribution in [3.63, 3.8) is 0 Å². The second-order valence-corrected chi connectivity index (χ2v) is 3.69. The van der Waals surface area contributed by atoms with E-state index in [4.69, 9.17) is 9.15 Å². The standard InChI is InChI=1S/C11H11NO3S/c1-2-14-11(13)9(16)10-12-7-5-3-4-6-8(7)15-10/h3-6,9,16H,2H2,1H3. The molecule has 84 valence electrons. The van der Waals surface area contributed by atoms with Crippen molar-refractivity contribution in [3.05, 3.63) is 30.2 Å². The highest BCUT2D eigenvalue weighted by Crippen LogP contribution is 2.24. The maximum Gasteiger partial charge on any atom is 0.328 e. The number of nitrogens with zero attached hydrogens (tertiary/aromatic N) is 1. The Morgan fingerprint density at radius 2 is 2.31 bits per heavy atom. The summed E-state index contributed by atoms with van der Waals surface area (Å²) >= 11 is 4.13. The minimum Gasteiger partial charge on any atom is -0.465 e. The third-order valence-electron chi connectivity index (χ3n) is 2.05. The molecule has 1 aromatic heterocycles. The fourth-order valence-corrected chi connectivity index (χ4v) is 1.51. The summed E-state index contributed by atoms with van der Waals surface area (Å²) in [6.45, 7) is 2.06. The normalized spacial score (nSPS) is 12.6. The highest BCUT2D eigenvalue weighted by Gasteiger charge is 2.23. The Labute approximate surface area is 98.0 Å². The number of fused-ring (bicyclic) bond motifs is 1. The van der Waals surface area contributed by atoms with Crippen molar-refractivity contribution in [1.29, 1.82) is 0 Å². The van der Waals surface area contributed by atoms with E-state index in [1.54, 1.807) is 13.0 Å². The first-order valence-electron chi connectivity index (χ1n) is 4.92. The predicted octanol–water partition coefficient (Wildman–Crippen LogP) is 2.36. The second-order valence-electron chi connectivity index (χ2n) is 3.17. The van der Waals surface area contributed by atoms with Crippen LogP contribution < -0.4 is 0 Å². The number of rotatable bonds is 3. The Kier molecular flexibility index (Phi) is 3.14. The molecule has 4 nitrogen and oxygen atoms in total. The zero-order valence-corrected chi connectivity index (χ0v) is 9.61. The van der Waals surface area contributed by atoms with E-state index in [-0.39, 0.29) is 5.89 Å². The van der Waals surface area contributed by atoms with Crippen LogP contribution in [0.5, 0.6) is 0 Å². The number of thiol groups is 1. The first-order chi connectivity index (χ1) is 7.72. The molecule has 0 N–H and O–H groups in total. The Bertz CT molecular complexity index is 476. The van der Waals surface area contributed by atoms with Crippen molar-refractivity contribution in [3.8, 4) is 0 Å². The van der Waals surface area contributed by atoms with Gasteiger partial charge in [0.2, 0.25) is 5.89 Å². The second kappa shape index (κ2) is 4.57. The van der Waals surface area contributed by atoms with E-state index in [0.29, 0.717) is 17.7 Å². The van der Waals surface area contributed by atoms with Gasteiger partial charge in [-0.1, -0.05) is 12.1 Å². The van der Waals surface area contributed by atoms with Gasteiger partial charge in [-0.3, -0.25) is 4.79 Å². The van der Waals surface area contributed by atoms with Crippen LogP contribution in [0.2, 0.25) is 0 Å². The zero-order chi connectivity index (χ0) is 11.5. The molecule has 16 heavy (non-hydrogen) atoms. The summed E-state index contributed by atoms with van der Waals surface area (Å²) in [6, 6.07) is 7.30. The van der Waals surface area contributed by atoms with Gasteiger partial charge in [0.1, 0.15) is 5.52 Å². The minimum absolute atomic E-state index is 0.267. The van der Waals surface area contributed by atoms with E-state index >= 15 is 0 Å². The highest BCUT2D eigenvalue weighted by molar-refractivity contribution is 7.81. The van der Waals surface area contributed by atoms with E-state index < -0.39 is 11.2 Å². The monoisotopic (exact) mass is 237 g/mol. The topological polar surface area (TPSA) is 52.3 Å². The lowest BCUT2D eigenvalue weighted by atomic mass is 10.3. The molecule has 2 rings (SSSR count). The third kappa shape index (κ3) is 2.04. The van der Waals surface area contributed by atoms with E-state index in [2.05, 4.69) is 17.6 Å². The van der Waals surface area contributed by atoms with E-state index in [0.717, 1.165) is 0 Å². The number of para-hydroxylation sites is 2. The molecular formula is C11H11NO3S. The van der Waals surface area contributed by atoms with Crippen molar-refractivity contribution < 1.29 is 13.9 Å². The molecule has 0 radical (unpaired) electrons. The molecule has 1 atom stereocenters. The van der Waals surface area contributed by atoms with Crippen LogP contribution in [0.3, 0.4) is 0 Å². The Morgan fingerprint density at radius 1 is 1.56 bits per heavy atom. The first kappa shape index (κ1) is 11.0. The molecule has 0 bridgehead atoms. The summed E-state index contributed by atoms with van der Waals surface area (Å²) in [5.41, 5.74) is 1.35. The number of carbonyl (C=O) groups is 1. The number of hydrogen-bond acceptors (Lipinski definition) is 5. The lowest BCUT2D eigenvalue weighted by Crippen LogP contribution is -2.11. The van der Waals surface area contributed by atoms with Crippen molar-refractivity contribution in [2.45, 2.75) is 12.2 Å². The van der Waals surface area contributed by atoms with Gasteiger partial charge in [-0.2, -0.15) is 12.6 Å². The van der Waals surface area contributed by atoms with Gasteiger partial charge in [-0.15, -0.1) is 0 Å². The summed E-state index contributed by atoms with van der Waals surface area (Å²) in [5.74, 6) is -0.180. The Hall–Kier alpha value is -1.49. The molecule has 0 spiro atoms. The molecule has 1 aromatic carbocycles. The first-order valence-corrected chi connectivity index (χ1v) is 5.44. The fraction of sp³-hybridized carbons (Fsp3) is 0.273. The summed E-state index contributed by atoms with van der Waals surface area (Å²) in [4.78, 5) is 15.6. The summed E-state index contributed by atoms with van der Waals surface area (Å²) in [5, 5.41) is -0.771. The van der Waals surface area contributed by atoms with Crippen LogP contribution in [0.15, 0.2) is 28.7 Å². The van der Waals surface area contributed by atoms with Crippen LogP contribution in [-0.2, 0) is 9.53 Å². The average molecular weight is 237 g/mol. The fourth-order valence-electron chi connectivity index (χ4n) is 1.33. The molecule has 2 aromatic rings. The number of ether oxygens (including phenoxy) is 1. The molecule has 0 saturated heterocycles. The summed E-state index contributed by atoms with van der Waals surface area (Å²) in [7, 11) is 0. The summed E-state index contributed by atoms with van der Waals surface area (Å²) < 4.78 is 10.2. The number of benzene rings is 1. The van der Waals surface area contributed by atoms with Gasteiger partial charge in [-0.25, -0.2) is 4.98 Å². The largest absolute Gasteiger partial charge is 0.465 e. The van der Waals surface area contributed by atoms with Gasteiger partial charge in [0.25, 0.3) is 0 Å². The van der Waals surface area contributed by atoms with Gasteiger partial charge in [-0.05, 0) is 19.1 Å². The molecular weight excluding hydrogens is 226 g/mol. The number of aromatic nitrogens is 1. The van der Waals surface area contributed by atoms with E-state index in [9.17, 15) is 4.79 Å². The Balaban J connectivity index is 2.29. The highest BCUT2D eigenvalue weighted by atomic mass is 32.1. The maximum atomic E-state index is 11.4. The van der Waals surface area contributed by atoms with Crippen LogP contribution >= 0.6 is 12.6 Å². The van der Waals surface area contributed by atoms with Crippen molar-refractivity contribution in [2.24, 2.45) is 0 Å². The Morgan fingerprint density at radius 3 is 3.00 bits per heavy atom. The van der Waals surface area contributed by atoms with Gasteiger partial charge >= 0.3 is 5.97 Å². The summed E-state index contributed by atoms with van der Waals surface area (Å²) in [6.07, 6.45) is 0. The number of hydrogen-bond donors (Lipinski definition) is 1. The number of oxazole rings is 1. The lowest BCUT2D eigenvalue weighted by molar-refractivity contribution is -0.142. The van der Waals surface area contributed by atoms with Crippen LogP contribution in [0.1, 0.15) is 18.1 Å². The third-order valence-corrected chi connectivity index (χ3v) is 2.49. The zero-order valence-electron chi connectivity index (χ0n) is 8.71. The SMILES string of the molecule is CCOC(=O)C(S)c1nc2ccccc2o1. The average Bonchev–Trinajstić information content (AvgIpc) is 2.71. The molecule has 0 fully saturated rings. The number of esters is 1. The van der Waals surface area contributed by atoms with Crippen molar-refractivity contribution >= 4 is 29.7 Å². The lowest BCUT2D eigenvalue weighted by Gasteiger charge is -2.04. The van der Waals surface area contributed by atoms with Crippen LogP contribution in [0.4, 0.5) is 0 Å². The molecule has 1 unspecified atom stereocenters. The van der Waals surface area contributed by atoms with Gasteiger partial charge < -0.3 is 9.15 Å². The van der Waals surface area contributed by atoms with Crippen LogP contribution in [-0.4, -0.2) is 17.6 Å². The minimum atomic E-state index is -0.771. The van der Waals surface area contributed by atoms with Crippen molar-refractivity contribution in [2.75, 3.05) is 6.61 Å². The maximum absolute atomic E-state index is 11.4. The van der Waals surface area contributed by atoms with E-state index in [1.807, 2.05) is 18.2 Å². The molecule has 0 aliphatic carbocycles. The molecule has 0 saturated carbocycles. The molecule has 1 heterocycles. The number of carbonyl (C=O) groups excluding carboxylic acids is 1. The van der Waals surface area contributed by atoms with E-state index in [1.165, 1.54) is 0 Å². The molecule has 0 aliphatic rings. The van der Waals surface area contributed by atoms with Gasteiger partial charge in [0, 0.05) is 0 Å². The van der Waals surface area contributed by atoms with Gasteiger partial charge in [0.05, 0.1) is 6.61 Å². The molecule has 0 amide bonds. The van der Waals surface area contributed by atoms with Crippen molar-refractivity contribution in [1.82, 2.24) is 4.98 Å².